The number of hydrogen-bond donors (Lipinski definition) is 2. The highest BCUT2D eigenvalue weighted by Crippen LogP contribution is 2.15. The molecule has 1 aromatic carbocycles. The highest BCUT2D eigenvalue weighted by atomic mass is 19.1. The first-order valence-electron chi connectivity index (χ1n) is 9.04. The molecule has 1 fully saturated rings. The molecule has 0 aliphatic carbocycles. The number of piperidine rings is 1. The number of likely N-dealkylation sites (tertiary alicyclic amines) is 1. The van der Waals surface area contributed by atoms with Gasteiger partial charge in [0.05, 0.1) is 6.04 Å². The van der Waals surface area contributed by atoms with Gasteiger partial charge in [0, 0.05) is 38.1 Å². The molecule has 0 spiro atoms. The Kier molecular flexibility index (Phi) is 6.17. The summed E-state index contributed by atoms with van der Waals surface area (Å²) in [5, 5.41) is 5.92. The first-order valence-corrected chi connectivity index (χ1v) is 9.04. The maximum atomic E-state index is 13.3. The zero-order valence-corrected chi connectivity index (χ0v) is 15.0. The number of halogens is 1. The van der Waals surface area contributed by atoms with Gasteiger partial charge < -0.3 is 10.6 Å². The van der Waals surface area contributed by atoms with Crippen LogP contribution in [0.1, 0.15) is 36.9 Å². The molecule has 1 aromatic heterocycles. The second kappa shape index (κ2) is 8.76. The van der Waals surface area contributed by atoms with Gasteiger partial charge in [-0.2, -0.15) is 0 Å². The fraction of sp³-hybridized carbons (Fsp3) is 0.400. The van der Waals surface area contributed by atoms with Gasteiger partial charge in [-0.1, -0.05) is 12.1 Å². The summed E-state index contributed by atoms with van der Waals surface area (Å²) in [6, 6.07) is 10.1. The van der Waals surface area contributed by atoms with Crippen molar-refractivity contribution in [3.05, 3.63) is 65.7 Å². The second-order valence-electron chi connectivity index (χ2n) is 6.80. The zero-order valence-electron chi connectivity index (χ0n) is 15.0. The molecular formula is C20H25FN4O. The van der Waals surface area contributed by atoms with Crippen molar-refractivity contribution >= 4 is 6.03 Å². The molecule has 26 heavy (non-hydrogen) atoms. The van der Waals surface area contributed by atoms with Crippen LogP contribution in [0.15, 0.2) is 48.8 Å². The van der Waals surface area contributed by atoms with Crippen LogP contribution in [-0.2, 0) is 6.54 Å². The molecule has 138 valence electrons. The van der Waals surface area contributed by atoms with Gasteiger partial charge >= 0.3 is 6.03 Å². The molecule has 1 aliphatic heterocycles. The van der Waals surface area contributed by atoms with Crippen molar-refractivity contribution in [2.45, 2.75) is 38.4 Å². The number of hydrogen-bond acceptors (Lipinski definition) is 3. The predicted octanol–water partition coefficient (Wildman–Crippen LogP) is 3.25. The van der Waals surface area contributed by atoms with E-state index in [1.807, 2.05) is 37.5 Å². The quantitative estimate of drug-likeness (QED) is 0.865. The van der Waals surface area contributed by atoms with Crippen LogP contribution in [0.5, 0.6) is 0 Å². The maximum absolute atomic E-state index is 13.3. The Morgan fingerprint density at radius 2 is 2.00 bits per heavy atom. The summed E-state index contributed by atoms with van der Waals surface area (Å²) in [5.74, 6) is -0.293. The van der Waals surface area contributed by atoms with Gasteiger partial charge in [-0.15, -0.1) is 0 Å². The molecule has 2 aromatic rings. The lowest BCUT2D eigenvalue weighted by Gasteiger charge is -2.32. The zero-order chi connectivity index (χ0) is 18.4. The lowest BCUT2D eigenvalue weighted by molar-refractivity contribution is 0.186. The first kappa shape index (κ1) is 18.3. The molecule has 0 radical (unpaired) electrons. The number of amides is 2. The first-order chi connectivity index (χ1) is 12.6. The molecule has 0 saturated carbocycles. The Labute approximate surface area is 153 Å². The number of nitrogens with one attached hydrogen (secondary N) is 2. The molecule has 1 aliphatic rings. The molecule has 0 bridgehead atoms. The van der Waals surface area contributed by atoms with Crippen LogP contribution in [0, 0.1) is 5.82 Å². The Balaban J connectivity index is 1.42. The number of urea groups is 1. The van der Waals surface area contributed by atoms with Crippen LogP contribution >= 0.6 is 0 Å². The van der Waals surface area contributed by atoms with Crippen LogP contribution in [0.25, 0.3) is 0 Å². The molecule has 5 nitrogen and oxygen atoms in total. The molecule has 1 atom stereocenters. The van der Waals surface area contributed by atoms with Gasteiger partial charge in [0.2, 0.25) is 0 Å². The average Bonchev–Trinajstić information content (AvgIpc) is 2.64. The van der Waals surface area contributed by atoms with Gasteiger partial charge in [0.25, 0.3) is 0 Å². The van der Waals surface area contributed by atoms with E-state index in [4.69, 9.17) is 0 Å². The van der Waals surface area contributed by atoms with Crippen LogP contribution in [0.3, 0.4) is 0 Å². The van der Waals surface area contributed by atoms with Gasteiger partial charge in [-0.05, 0) is 55.2 Å². The fourth-order valence-electron chi connectivity index (χ4n) is 3.26. The summed E-state index contributed by atoms with van der Waals surface area (Å²) in [6.45, 7) is 4.67. The van der Waals surface area contributed by atoms with E-state index in [-0.39, 0.29) is 23.9 Å². The number of rotatable bonds is 5. The minimum atomic E-state index is -0.293. The van der Waals surface area contributed by atoms with Gasteiger partial charge in [0.1, 0.15) is 5.82 Å². The number of nitrogens with zero attached hydrogens (tertiary/aromatic N) is 2. The summed E-state index contributed by atoms with van der Waals surface area (Å²) in [5.41, 5.74) is 2.01. The SMILES string of the molecule is C[C@@H](NC(=O)NC1CCN(Cc2ccncc2)CC1)c1cccc(F)c1. The van der Waals surface area contributed by atoms with E-state index in [1.165, 1.54) is 17.7 Å². The smallest absolute Gasteiger partial charge is 0.315 e. The van der Waals surface area contributed by atoms with E-state index in [0.717, 1.165) is 38.0 Å². The standard InChI is InChI=1S/C20H25FN4O/c1-15(17-3-2-4-18(21)13-17)23-20(26)24-19-7-11-25(12-8-19)14-16-5-9-22-10-6-16/h2-6,9-10,13,15,19H,7-8,11-12,14H2,1H3,(H2,23,24,26)/t15-/m1/s1. The third-order valence-corrected chi connectivity index (χ3v) is 4.77. The lowest BCUT2D eigenvalue weighted by atomic mass is 10.0. The van der Waals surface area contributed by atoms with Crippen LogP contribution in [0.2, 0.25) is 0 Å². The number of carbonyl (C=O) groups is 1. The van der Waals surface area contributed by atoms with E-state index in [0.29, 0.717) is 0 Å². The highest BCUT2D eigenvalue weighted by molar-refractivity contribution is 5.74. The fourth-order valence-corrected chi connectivity index (χ4v) is 3.26. The molecule has 2 heterocycles. The second-order valence-corrected chi connectivity index (χ2v) is 6.80. The summed E-state index contributed by atoms with van der Waals surface area (Å²) >= 11 is 0. The van der Waals surface area contributed by atoms with Crippen LogP contribution in [0.4, 0.5) is 9.18 Å². The van der Waals surface area contributed by atoms with E-state index in [1.54, 1.807) is 6.07 Å². The van der Waals surface area contributed by atoms with Crippen LogP contribution in [-0.4, -0.2) is 35.0 Å². The van der Waals surface area contributed by atoms with Gasteiger partial charge in [0.15, 0.2) is 0 Å². The number of aromatic nitrogens is 1. The van der Waals surface area contributed by atoms with E-state index >= 15 is 0 Å². The molecule has 2 N–H and O–H groups in total. The number of pyridine rings is 1. The Hall–Kier alpha value is -2.47. The molecular weight excluding hydrogens is 331 g/mol. The molecule has 2 amide bonds. The van der Waals surface area contributed by atoms with Gasteiger partial charge in [-0.25, -0.2) is 9.18 Å². The van der Waals surface area contributed by atoms with E-state index in [9.17, 15) is 9.18 Å². The molecule has 3 rings (SSSR count). The summed E-state index contributed by atoms with van der Waals surface area (Å²) < 4.78 is 13.3. The summed E-state index contributed by atoms with van der Waals surface area (Å²) in [4.78, 5) is 18.6. The van der Waals surface area contributed by atoms with Crippen molar-refractivity contribution in [1.29, 1.82) is 0 Å². The topological polar surface area (TPSA) is 57.3 Å². The Bertz CT molecular complexity index is 717. The molecule has 1 saturated heterocycles. The molecule has 0 unspecified atom stereocenters. The highest BCUT2D eigenvalue weighted by Gasteiger charge is 2.21. The van der Waals surface area contributed by atoms with E-state index < -0.39 is 0 Å². The third-order valence-electron chi connectivity index (χ3n) is 4.77. The lowest BCUT2D eigenvalue weighted by Crippen LogP contribution is -2.48. The molecule has 6 heteroatoms. The van der Waals surface area contributed by atoms with Crippen molar-refractivity contribution in [3.63, 3.8) is 0 Å². The van der Waals surface area contributed by atoms with E-state index in [2.05, 4.69) is 20.5 Å². The summed E-state index contributed by atoms with van der Waals surface area (Å²) in [7, 11) is 0. The Morgan fingerprint density at radius 3 is 2.69 bits per heavy atom. The normalized spacial score (nSPS) is 16.8. The predicted molar refractivity (Wildman–Crippen MR) is 99.0 cm³/mol. The third kappa shape index (κ3) is 5.26. The largest absolute Gasteiger partial charge is 0.335 e. The Morgan fingerprint density at radius 1 is 1.27 bits per heavy atom. The van der Waals surface area contributed by atoms with Crippen molar-refractivity contribution < 1.29 is 9.18 Å². The summed E-state index contributed by atoms with van der Waals surface area (Å²) in [6.07, 6.45) is 5.47. The van der Waals surface area contributed by atoms with Gasteiger partial charge in [-0.3, -0.25) is 9.88 Å². The minimum Gasteiger partial charge on any atom is -0.335 e. The minimum absolute atomic E-state index is 0.170. The monoisotopic (exact) mass is 356 g/mol. The number of benzene rings is 1. The average molecular weight is 356 g/mol. The van der Waals surface area contributed by atoms with Crippen molar-refractivity contribution in [3.8, 4) is 0 Å². The van der Waals surface area contributed by atoms with Crippen molar-refractivity contribution in [2.75, 3.05) is 13.1 Å². The van der Waals surface area contributed by atoms with Crippen molar-refractivity contribution in [1.82, 2.24) is 20.5 Å². The maximum Gasteiger partial charge on any atom is 0.315 e. The van der Waals surface area contributed by atoms with Crippen LogP contribution < -0.4 is 10.6 Å². The number of carbonyl (C=O) groups excluding carboxylic acids is 1. The van der Waals surface area contributed by atoms with Crippen molar-refractivity contribution in [2.24, 2.45) is 0 Å².